The smallest absolute Gasteiger partial charge is 0.323 e. The number of hydrogen-bond acceptors (Lipinski definition) is 5. The molecule has 1 heterocycles. The third-order valence-corrected chi connectivity index (χ3v) is 6.24. The second-order valence-electron chi connectivity index (χ2n) is 5.55. The van der Waals surface area contributed by atoms with Gasteiger partial charge >= 0.3 is 12.0 Å². The molecule has 2 amide bonds. The number of hydrogen-bond donors (Lipinski definition) is 1. The molecular formula is C12H20N2O5S2. The van der Waals surface area contributed by atoms with Crippen LogP contribution in [-0.2, 0) is 14.6 Å². The number of nitrogens with zero attached hydrogens (tertiary/aromatic N) is 2. The largest absolute Gasteiger partial charge is 0.480 e. The number of carbonyl (C=O) groups is 2. The molecule has 0 bridgehead atoms. The summed E-state index contributed by atoms with van der Waals surface area (Å²) < 4.78 is 23.7. The monoisotopic (exact) mass is 336 g/mol. The number of aliphatic carboxylic acids is 1. The fourth-order valence-corrected chi connectivity index (χ4v) is 5.13. The van der Waals surface area contributed by atoms with E-state index in [1.807, 2.05) is 0 Å². The molecule has 2 fully saturated rings. The maximum atomic E-state index is 12.6. The zero-order valence-electron chi connectivity index (χ0n) is 11.9. The van der Waals surface area contributed by atoms with Crippen molar-refractivity contribution < 1.29 is 23.1 Å². The third-order valence-electron chi connectivity index (χ3n) is 3.60. The number of rotatable bonds is 5. The maximum Gasteiger partial charge on any atom is 0.323 e. The Hall–Kier alpha value is -0.960. The van der Waals surface area contributed by atoms with Gasteiger partial charge in [-0.2, -0.15) is 11.8 Å². The standard InChI is InChI=1S/C12H20N2O5S2/c1-21(18,19)10-8-20-5-4-14(10)12(17)13(7-11(15)16)6-9-2-3-9/h9-10H,2-8H2,1H3,(H,15,16). The second kappa shape index (κ2) is 6.43. The van der Waals surface area contributed by atoms with Crippen LogP contribution >= 0.6 is 11.8 Å². The van der Waals surface area contributed by atoms with Gasteiger partial charge < -0.3 is 14.9 Å². The molecule has 2 aliphatic rings. The quantitative estimate of drug-likeness (QED) is 0.777. The van der Waals surface area contributed by atoms with E-state index in [-0.39, 0.29) is 6.54 Å². The molecule has 0 aromatic carbocycles. The van der Waals surface area contributed by atoms with Gasteiger partial charge in [0.2, 0.25) is 0 Å². The average molecular weight is 336 g/mol. The molecule has 0 aromatic rings. The molecule has 1 aliphatic heterocycles. The van der Waals surface area contributed by atoms with Crippen LogP contribution in [0.15, 0.2) is 0 Å². The topological polar surface area (TPSA) is 95.0 Å². The van der Waals surface area contributed by atoms with E-state index in [1.54, 1.807) is 0 Å². The van der Waals surface area contributed by atoms with Gasteiger partial charge in [-0.05, 0) is 18.8 Å². The normalized spacial score (nSPS) is 22.9. The summed E-state index contributed by atoms with van der Waals surface area (Å²) in [5.74, 6) is 0.284. The molecule has 0 aromatic heterocycles. The number of urea groups is 1. The first-order valence-electron chi connectivity index (χ1n) is 6.83. The van der Waals surface area contributed by atoms with E-state index in [2.05, 4.69) is 0 Å². The van der Waals surface area contributed by atoms with Crippen molar-refractivity contribution in [2.24, 2.45) is 5.92 Å². The Bertz CT molecular complexity index is 518. The van der Waals surface area contributed by atoms with Crippen LogP contribution < -0.4 is 0 Å². The summed E-state index contributed by atoms with van der Waals surface area (Å²) in [6, 6.07) is -0.472. The van der Waals surface area contributed by atoms with Crippen molar-refractivity contribution in [2.45, 2.75) is 18.2 Å². The highest BCUT2D eigenvalue weighted by atomic mass is 32.2. The lowest BCUT2D eigenvalue weighted by molar-refractivity contribution is -0.137. The van der Waals surface area contributed by atoms with Gasteiger partial charge in [-0.3, -0.25) is 4.79 Å². The summed E-state index contributed by atoms with van der Waals surface area (Å²) in [6.45, 7) is 0.350. The highest BCUT2D eigenvalue weighted by Crippen LogP contribution is 2.30. The molecule has 1 saturated heterocycles. The van der Waals surface area contributed by atoms with Crippen molar-refractivity contribution in [3.8, 4) is 0 Å². The predicted octanol–water partition coefficient (Wildman–Crippen LogP) is 0.323. The average Bonchev–Trinajstić information content (AvgIpc) is 3.19. The molecular weight excluding hydrogens is 316 g/mol. The van der Waals surface area contributed by atoms with Crippen molar-refractivity contribution in [1.82, 2.24) is 9.80 Å². The number of carbonyl (C=O) groups excluding carboxylic acids is 1. The van der Waals surface area contributed by atoms with E-state index in [0.717, 1.165) is 19.1 Å². The van der Waals surface area contributed by atoms with Gasteiger partial charge in [-0.15, -0.1) is 0 Å². The van der Waals surface area contributed by atoms with Crippen LogP contribution in [0.3, 0.4) is 0 Å². The van der Waals surface area contributed by atoms with Crippen molar-refractivity contribution in [1.29, 1.82) is 0 Å². The van der Waals surface area contributed by atoms with Crippen molar-refractivity contribution in [3.63, 3.8) is 0 Å². The van der Waals surface area contributed by atoms with E-state index in [9.17, 15) is 18.0 Å². The second-order valence-corrected chi connectivity index (χ2v) is 8.91. The number of sulfone groups is 1. The lowest BCUT2D eigenvalue weighted by atomic mass is 10.3. The van der Waals surface area contributed by atoms with E-state index >= 15 is 0 Å². The van der Waals surface area contributed by atoms with E-state index in [0.29, 0.717) is 30.5 Å². The number of carboxylic acids is 1. The summed E-state index contributed by atoms with van der Waals surface area (Å²) in [5, 5.41) is 8.09. The summed E-state index contributed by atoms with van der Waals surface area (Å²) in [7, 11) is -3.38. The van der Waals surface area contributed by atoms with E-state index in [4.69, 9.17) is 5.11 Å². The highest BCUT2D eigenvalue weighted by molar-refractivity contribution is 8.00. The van der Waals surface area contributed by atoms with Gasteiger partial charge in [0.25, 0.3) is 0 Å². The molecule has 21 heavy (non-hydrogen) atoms. The summed E-state index contributed by atoms with van der Waals surface area (Å²) in [4.78, 5) is 26.1. The molecule has 1 unspecified atom stereocenters. The zero-order chi connectivity index (χ0) is 15.6. The number of thioether (sulfide) groups is 1. The summed E-state index contributed by atoms with van der Waals surface area (Å²) in [5.41, 5.74) is 0. The predicted molar refractivity (Wildman–Crippen MR) is 80.0 cm³/mol. The van der Waals surface area contributed by atoms with Crippen molar-refractivity contribution in [2.75, 3.05) is 37.4 Å². The number of carboxylic acid groups (broad SMARTS) is 1. The van der Waals surface area contributed by atoms with E-state index < -0.39 is 27.2 Å². The molecule has 9 heteroatoms. The molecule has 1 aliphatic carbocycles. The first-order chi connectivity index (χ1) is 9.79. The molecule has 2 rings (SSSR count). The Labute approximate surface area is 128 Å². The van der Waals surface area contributed by atoms with Crippen LogP contribution in [0, 0.1) is 5.92 Å². The van der Waals surface area contributed by atoms with Gasteiger partial charge in [0.05, 0.1) is 0 Å². The van der Waals surface area contributed by atoms with Crippen LogP contribution in [0.4, 0.5) is 4.79 Å². The van der Waals surface area contributed by atoms with Crippen LogP contribution in [0.5, 0.6) is 0 Å². The van der Waals surface area contributed by atoms with Crippen LogP contribution in [0.1, 0.15) is 12.8 Å². The molecule has 1 saturated carbocycles. The minimum absolute atomic E-state index is 0.335. The van der Waals surface area contributed by atoms with E-state index in [1.165, 1.54) is 21.6 Å². The lowest BCUT2D eigenvalue weighted by Crippen LogP contribution is -2.55. The fourth-order valence-electron chi connectivity index (χ4n) is 2.32. The minimum Gasteiger partial charge on any atom is -0.480 e. The molecule has 1 N–H and O–H groups in total. The van der Waals surface area contributed by atoms with Crippen molar-refractivity contribution in [3.05, 3.63) is 0 Å². The Kier molecular flexibility index (Phi) is 5.03. The molecule has 0 radical (unpaired) electrons. The van der Waals surface area contributed by atoms with Gasteiger partial charge in [0, 0.05) is 30.9 Å². The van der Waals surface area contributed by atoms with Gasteiger partial charge in [-0.1, -0.05) is 0 Å². The van der Waals surface area contributed by atoms with Crippen LogP contribution in [-0.4, -0.2) is 78.1 Å². The fraction of sp³-hybridized carbons (Fsp3) is 0.833. The third kappa shape index (κ3) is 4.50. The van der Waals surface area contributed by atoms with Crippen LogP contribution in [0.2, 0.25) is 0 Å². The lowest BCUT2D eigenvalue weighted by Gasteiger charge is -2.37. The SMILES string of the molecule is CS(=O)(=O)C1CSCCN1C(=O)N(CC(=O)O)CC1CC1. The van der Waals surface area contributed by atoms with Crippen molar-refractivity contribution >= 4 is 33.6 Å². The highest BCUT2D eigenvalue weighted by Gasteiger charge is 2.38. The van der Waals surface area contributed by atoms with Crippen LogP contribution in [0.25, 0.3) is 0 Å². The number of amides is 2. The summed E-state index contributed by atoms with van der Waals surface area (Å²) in [6.07, 6.45) is 3.11. The molecule has 120 valence electrons. The van der Waals surface area contributed by atoms with Gasteiger partial charge in [0.15, 0.2) is 9.84 Å². The Morgan fingerprint density at radius 3 is 2.57 bits per heavy atom. The zero-order valence-corrected chi connectivity index (χ0v) is 13.5. The summed E-state index contributed by atoms with van der Waals surface area (Å²) >= 11 is 1.50. The Morgan fingerprint density at radius 2 is 2.05 bits per heavy atom. The minimum atomic E-state index is -3.38. The first kappa shape index (κ1) is 16.4. The first-order valence-corrected chi connectivity index (χ1v) is 9.94. The van der Waals surface area contributed by atoms with Gasteiger partial charge in [-0.25, -0.2) is 13.2 Å². The molecule has 1 atom stereocenters. The Morgan fingerprint density at radius 1 is 1.38 bits per heavy atom. The van der Waals surface area contributed by atoms with Gasteiger partial charge in [0.1, 0.15) is 11.9 Å². The Balaban J connectivity index is 2.14. The maximum absolute atomic E-state index is 12.6. The molecule has 0 spiro atoms. The molecule has 7 nitrogen and oxygen atoms in total.